The van der Waals surface area contributed by atoms with Gasteiger partial charge in [-0.3, -0.25) is 4.79 Å². The number of allylic oxidation sites excluding steroid dienone is 1. The SMILES string of the molecule is CCCCCCc1ccc(OCC/C=C/[C@H]2CCC(=O)[C@@H]2CC=C=CCC(O)C(=O)OC)cc1. The molecule has 1 saturated carbocycles. The first-order chi connectivity index (χ1) is 16.5. The number of esters is 1. The van der Waals surface area contributed by atoms with Gasteiger partial charge < -0.3 is 14.6 Å². The third kappa shape index (κ3) is 10.1. The van der Waals surface area contributed by atoms with E-state index in [9.17, 15) is 14.7 Å². The Morgan fingerprint density at radius 3 is 2.74 bits per heavy atom. The fraction of sp³-hybridized carbons (Fsp3) is 0.552. The predicted molar refractivity (Wildman–Crippen MR) is 135 cm³/mol. The van der Waals surface area contributed by atoms with Gasteiger partial charge in [-0.05, 0) is 67.9 Å². The molecule has 0 spiro atoms. The average Bonchev–Trinajstić information content (AvgIpc) is 3.20. The zero-order valence-corrected chi connectivity index (χ0v) is 20.7. The Morgan fingerprint density at radius 2 is 2.00 bits per heavy atom. The molecule has 1 fully saturated rings. The van der Waals surface area contributed by atoms with Crippen molar-refractivity contribution in [2.24, 2.45) is 11.8 Å². The summed E-state index contributed by atoms with van der Waals surface area (Å²) in [5.41, 5.74) is 4.33. The summed E-state index contributed by atoms with van der Waals surface area (Å²) in [6, 6.07) is 8.41. The summed E-state index contributed by atoms with van der Waals surface area (Å²) in [5, 5.41) is 9.55. The largest absolute Gasteiger partial charge is 0.493 e. The van der Waals surface area contributed by atoms with E-state index in [2.05, 4.69) is 53.8 Å². The van der Waals surface area contributed by atoms with Crippen LogP contribution in [0.2, 0.25) is 0 Å². The van der Waals surface area contributed by atoms with Gasteiger partial charge >= 0.3 is 5.97 Å². The summed E-state index contributed by atoms with van der Waals surface area (Å²) in [7, 11) is 1.24. The number of hydrogen-bond donors (Lipinski definition) is 1. The highest BCUT2D eigenvalue weighted by Gasteiger charge is 2.31. The predicted octanol–water partition coefficient (Wildman–Crippen LogP) is 5.76. The lowest BCUT2D eigenvalue weighted by Crippen LogP contribution is -2.20. The number of unbranched alkanes of at least 4 members (excludes halogenated alkanes) is 3. The Balaban J connectivity index is 1.70. The number of hydrogen-bond acceptors (Lipinski definition) is 5. The average molecular weight is 469 g/mol. The lowest BCUT2D eigenvalue weighted by atomic mass is 9.91. The normalized spacial score (nSPS) is 18.5. The van der Waals surface area contributed by atoms with Crippen LogP contribution in [0.25, 0.3) is 0 Å². The number of carbonyl (C=O) groups is 2. The molecule has 1 aliphatic carbocycles. The van der Waals surface area contributed by atoms with Crippen molar-refractivity contribution in [2.75, 3.05) is 13.7 Å². The molecular formula is C29H40O5. The molecule has 1 aromatic carbocycles. The lowest BCUT2D eigenvalue weighted by molar-refractivity contribution is -0.150. The van der Waals surface area contributed by atoms with Gasteiger partial charge in [-0.2, -0.15) is 0 Å². The van der Waals surface area contributed by atoms with Crippen molar-refractivity contribution in [1.82, 2.24) is 0 Å². The molecule has 34 heavy (non-hydrogen) atoms. The van der Waals surface area contributed by atoms with Crippen LogP contribution < -0.4 is 4.74 Å². The smallest absolute Gasteiger partial charge is 0.335 e. The van der Waals surface area contributed by atoms with E-state index in [-0.39, 0.29) is 24.0 Å². The van der Waals surface area contributed by atoms with Crippen molar-refractivity contribution in [2.45, 2.75) is 77.2 Å². The van der Waals surface area contributed by atoms with E-state index in [1.807, 2.05) is 6.08 Å². The molecule has 186 valence electrons. The van der Waals surface area contributed by atoms with Crippen LogP contribution in [0.3, 0.4) is 0 Å². The van der Waals surface area contributed by atoms with Gasteiger partial charge in [0, 0.05) is 18.8 Å². The van der Waals surface area contributed by atoms with Crippen molar-refractivity contribution in [3.8, 4) is 5.75 Å². The molecule has 5 nitrogen and oxygen atoms in total. The van der Waals surface area contributed by atoms with E-state index in [4.69, 9.17) is 4.74 Å². The van der Waals surface area contributed by atoms with Crippen LogP contribution in [0, 0.1) is 11.8 Å². The zero-order chi connectivity index (χ0) is 24.6. The van der Waals surface area contributed by atoms with Crippen LogP contribution in [-0.4, -0.2) is 36.7 Å². The van der Waals surface area contributed by atoms with Crippen LogP contribution in [-0.2, 0) is 20.7 Å². The number of aliphatic hydroxyl groups is 1. The first-order valence-corrected chi connectivity index (χ1v) is 12.6. The van der Waals surface area contributed by atoms with Crippen LogP contribution >= 0.6 is 0 Å². The van der Waals surface area contributed by atoms with Crippen molar-refractivity contribution < 1.29 is 24.2 Å². The number of aryl methyl sites for hydroxylation is 1. The summed E-state index contributed by atoms with van der Waals surface area (Å²) >= 11 is 0. The van der Waals surface area contributed by atoms with E-state index >= 15 is 0 Å². The topological polar surface area (TPSA) is 72.8 Å². The zero-order valence-electron chi connectivity index (χ0n) is 20.7. The Morgan fingerprint density at radius 1 is 1.21 bits per heavy atom. The highest BCUT2D eigenvalue weighted by Crippen LogP contribution is 2.32. The highest BCUT2D eigenvalue weighted by atomic mass is 16.5. The molecule has 0 radical (unpaired) electrons. The maximum atomic E-state index is 12.3. The Bertz CT molecular complexity index is 833. The Labute approximate surface area is 204 Å². The van der Waals surface area contributed by atoms with Crippen LogP contribution in [0.1, 0.15) is 70.3 Å². The molecule has 3 atom stereocenters. The fourth-order valence-corrected chi connectivity index (χ4v) is 4.19. The van der Waals surface area contributed by atoms with Crippen LogP contribution in [0.5, 0.6) is 5.75 Å². The molecule has 0 heterocycles. The van der Waals surface area contributed by atoms with Crippen molar-refractivity contribution in [3.63, 3.8) is 0 Å². The van der Waals surface area contributed by atoms with Crippen molar-refractivity contribution in [1.29, 1.82) is 0 Å². The Hall–Kier alpha value is -2.62. The molecule has 0 bridgehead atoms. The summed E-state index contributed by atoms with van der Waals surface area (Å²) < 4.78 is 10.3. The van der Waals surface area contributed by atoms with Gasteiger partial charge in [0.2, 0.25) is 0 Å². The maximum Gasteiger partial charge on any atom is 0.335 e. The monoisotopic (exact) mass is 468 g/mol. The molecule has 0 aliphatic heterocycles. The second kappa shape index (κ2) is 16.1. The first-order valence-electron chi connectivity index (χ1n) is 12.6. The molecule has 0 aromatic heterocycles. The minimum atomic E-state index is -1.18. The van der Waals surface area contributed by atoms with E-state index < -0.39 is 12.1 Å². The maximum absolute atomic E-state index is 12.3. The number of benzene rings is 1. The number of Topliss-reactive ketones (excluding diaryl/α,β-unsaturated/α-hetero) is 1. The van der Waals surface area contributed by atoms with Gasteiger partial charge in [0.05, 0.1) is 13.7 Å². The van der Waals surface area contributed by atoms with E-state index in [0.717, 1.165) is 25.0 Å². The molecule has 2 rings (SSSR count). The lowest BCUT2D eigenvalue weighted by Gasteiger charge is -2.12. The van der Waals surface area contributed by atoms with Crippen LogP contribution in [0.15, 0.2) is 54.3 Å². The third-order valence-electron chi connectivity index (χ3n) is 6.26. The van der Waals surface area contributed by atoms with E-state index in [0.29, 0.717) is 19.4 Å². The van der Waals surface area contributed by atoms with Gasteiger partial charge in [0.25, 0.3) is 0 Å². The van der Waals surface area contributed by atoms with Crippen LogP contribution in [0.4, 0.5) is 0 Å². The number of methoxy groups -OCH3 is 1. The number of rotatable bonds is 15. The van der Waals surface area contributed by atoms with E-state index in [1.165, 1.54) is 38.4 Å². The second-order valence-corrected chi connectivity index (χ2v) is 8.88. The van der Waals surface area contributed by atoms with Gasteiger partial charge in [0.15, 0.2) is 6.10 Å². The summed E-state index contributed by atoms with van der Waals surface area (Å²) in [4.78, 5) is 23.4. The summed E-state index contributed by atoms with van der Waals surface area (Å²) in [6.45, 7) is 2.84. The van der Waals surface area contributed by atoms with E-state index in [1.54, 1.807) is 6.08 Å². The molecule has 1 N–H and O–H groups in total. The second-order valence-electron chi connectivity index (χ2n) is 8.88. The number of ketones is 1. The molecule has 0 saturated heterocycles. The standard InChI is InChI=1S/C29H40O5/c1-3-4-5-7-12-23-16-19-25(20-17-23)34-22-11-10-13-24-18-21-27(30)26(24)14-8-6-9-15-28(31)29(32)33-2/h8-10,13,16-17,19-20,24,26,28,31H,3-5,7,11-12,14-15,18,21-22H2,1-2H3/b13-10+/t6?,24-,26+,28?/m0/s1. The van der Waals surface area contributed by atoms with Gasteiger partial charge in [-0.1, -0.05) is 50.5 Å². The van der Waals surface area contributed by atoms with Gasteiger partial charge in [-0.25, -0.2) is 4.79 Å². The summed E-state index contributed by atoms with van der Waals surface area (Å²) in [6.07, 6.45) is 15.8. The number of ether oxygens (including phenoxy) is 2. The molecular weight excluding hydrogens is 428 g/mol. The highest BCUT2D eigenvalue weighted by molar-refractivity contribution is 5.83. The minimum absolute atomic E-state index is 0.0338. The Kier molecular flexibility index (Phi) is 13.1. The molecule has 1 aliphatic rings. The minimum Gasteiger partial charge on any atom is -0.493 e. The number of carbonyl (C=O) groups excluding carboxylic acids is 2. The first kappa shape index (κ1) is 27.6. The number of aliphatic hydroxyl groups excluding tert-OH is 1. The fourth-order valence-electron chi connectivity index (χ4n) is 4.19. The molecule has 5 heteroatoms. The molecule has 1 aromatic rings. The summed E-state index contributed by atoms with van der Waals surface area (Å²) in [5.74, 6) is 0.724. The van der Waals surface area contributed by atoms with Crippen molar-refractivity contribution >= 4 is 11.8 Å². The van der Waals surface area contributed by atoms with Crippen molar-refractivity contribution in [3.05, 3.63) is 59.9 Å². The van der Waals surface area contributed by atoms with Gasteiger partial charge in [-0.15, -0.1) is 5.73 Å². The third-order valence-corrected chi connectivity index (χ3v) is 6.26. The quantitative estimate of drug-likeness (QED) is 0.153. The molecule has 1 unspecified atom stereocenters. The van der Waals surface area contributed by atoms with Gasteiger partial charge in [0.1, 0.15) is 11.5 Å². The molecule has 0 amide bonds.